The van der Waals surface area contributed by atoms with Gasteiger partial charge in [0.05, 0.1) is 42.0 Å². The summed E-state index contributed by atoms with van der Waals surface area (Å²) in [5.41, 5.74) is 1.48. The number of hydrogen-bond donors (Lipinski definition) is 0. The molecule has 2 fully saturated rings. The molecule has 2 aromatic heterocycles. The fraction of sp³-hybridized carbons (Fsp3) is 0.409. The van der Waals surface area contributed by atoms with Crippen molar-refractivity contribution in [1.29, 1.82) is 0 Å². The van der Waals surface area contributed by atoms with Crippen molar-refractivity contribution >= 4 is 32.7 Å². The van der Waals surface area contributed by atoms with Gasteiger partial charge in [-0.05, 0) is 18.2 Å². The minimum atomic E-state index is -3.88. The smallest absolute Gasteiger partial charge is 0.269 e. The largest absolute Gasteiger partial charge is 0.379 e. The van der Waals surface area contributed by atoms with Crippen LogP contribution >= 0.6 is 11.6 Å². The van der Waals surface area contributed by atoms with Gasteiger partial charge in [-0.2, -0.15) is 0 Å². The molecular formula is C22H26ClN3O5S. The van der Waals surface area contributed by atoms with Crippen molar-refractivity contribution in [3.8, 4) is 0 Å². The van der Waals surface area contributed by atoms with Crippen molar-refractivity contribution in [2.24, 2.45) is 0 Å². The first kappa shape index (κ1) is 23.2. The summed E-state index contributed by atoms with van der Waals surface area (Å²) in [5, 5.41) is 0.947. The van der Waals surface area contributed by atoms with Crippen molar-refractivity contribution < 1.29 is 22.6 Å². The lowest BCUT2D eigenvalue weighted by Gasteiger charge is -2.26. The number of benzene rings is 1. The Bertz CT molecular complexity index is 1190. The SMILES string of the molecule is C.O=S(=O)(c1ccccc1)n1c(CN2CCOCC2)cc2c(Cl)c(C3OCCO3)cnc21. The van der Waals surface area contributed by atoms with E-state index in [4.69, 9.17) is 25.8 Å². The summed E-state index contributed by atoms with van der Waals surface area (Å²) in [5.74, 6) is 0. The molecule has 4 heterocycles. The van der Waals surface area contributed by atoms with E-state index in [1.54, 1.807) is 36.4 Å². The minimum Gasteiger partial charge on any atom is -0.379 e. The fourth-order valence-electron chi connectivity index (χ4n) is 3.93. The lowest BCUT2D eigenvalue weighted by molar-refractivity contribution is -0.0441. The van der Waals surface area contributed by atoms with Gasteiger partial charge in [-0.15, -0.1) is 0 Å². The molecule has 10 heteroatoms. The second-order valence-electron chi connectivity index (χ2n) is 7.45. The zero-order valence-corrected chi connectivity index (χ0v) is 18.3. The Hall–Kier alpha value is -2.01. The molecule has 0 unspecified atom stereocenters. The zero-order valence-electron chi connectivity index (χ0n) is 16.7. The molecule has 0 radical (unpaired) electrons. The first-order valence-electron chi connectivity index (χ1n) is 10.1. The number of morpholine rings is 1. The molecule has 32 heavy (non-hydrogen) atoms. The first-order valence-corrected chi connectivity index (χ1v) is 11.9. The fourth-order valence-corrected chi connectivity index (χ4v) is 5.71. The third-order valence-electron chi connectivity index (χ3n) is 5.47. The van der Waals surface area contributed by atoms with Crippen LogP contribution in [-0.2, 0) is 30.8 Å². The molecule has 5 rings (SSSR count). The van der Waals surface area contributed by atoms with Gasteiger partial charge >= 0.3 is 0 Å². The van der Waals surface area contributed by atoms with E-state index in [0.29, 0.717) is 60.3 Å². The second kappa shape index (κ2) is 9.46. The van der Waals surface area contributed by atoms with E-state index in [1.807, 2.05) is 0 Å². The van der Waals surface area contributed by atoms with Crippen molar-refractivity contribution in [2.75, 3.05) is 39.5 Å². The van der Waals surface area contributed by atoms with Crippen LogP contribution in [0.25, 0.3) is 11.0 Å². The normalized spacial score (nSPS) is 18.2. The van der Waals surface area contributed by atoms with E-state index in [-0.39, 0.29) is 12.3 Å². The van der Waals surface area contributed by atoms with Crippen LogP contribution in [0.5, 0.6) is 0 Å². The topological polar surface area (TPSA) is 82.9 Å². The Morgan fingerprint density at radius 2 is 1.75 bits per heavy atom. The van der Waals surface area contributed by atoms with Crippen LogP contribution in [0.3, 0.4) is 0 Å². The summed E-state index contributed by atoms with van der Waals surface area (Å²) in [4.78, 5) is 6.84. The Labute approximate surface area is 192 Å². The van der Waals surface area contributed by atoms with E-state index in [0.717, 1.165) is 13.1 Å². The molecule has 0 atom stereocenters. The van der Waals surface area contributed by atoms with E-state index in [1.165, 1.54) is 10.2 Å². The summed E-state index contributed by atoms with van der Waals surface area (Å²) in [7, 11) is -3.88. The Morgan fingerprint density at radius 3 is 2.44 bits per heavy atom. The van der Waals surface area contributed by atoms with Crippen LogP contribution < -0.4 is 0 Å². The summed E-state index contributed by atoms with van der Waals surface area (Å²) in [6.07, 6.45) is 0.942. The predicted molar refractivity (Wildman–Crippen MR) is 121 cm³/mol. The standard InChI is InChI=1S/C21H22ClN3O5S.CH4/c22-19-17-12-15(14-24-6-8-28-9-7-24)25(31(26,27)16-4-2-1-3-5-16)20(17)23-13-18(19)21-29-10-11-30-21;/h1-5,12-13,21H,6-11,14H2;1H4. The van der Waals surface area contributed by atoms with E-state index in [2.05, 4.69) is 9.88 Å². The highest BCUT2D eigenvalue weighted by molar-refractivity contribution is 7.90. The van der Waals surface area contributed by atoms with Crippen LogP contribution in [0.4, 0.5) is 0 Å². The minimum absolute atomic E-state index is 0. The molecule has 0 aliphatic carbocycles. The molecule has 172 valence electrons. The van der Waals surface area contributed by atoms with Crippen molar-refractivity contribution in [2.45, 2.75) is 25.2 Å². The second-order valence-corrected chi connectivity index (χ2v) is 9.61. The number of hydrogen-bond acceptors (Lipinski definition) is 7. The number of rotatable bonds is 5. The highest BCUT2D eigenvalue weighted by atomic mass is 35.5. The van der Waals surface area contributed by atoms with Crippen LogP contribution in [0.15, 0.2) is 47.5 Å². The maximum Gasteiger partial charge on any atom is 0.269 e. The maximum absolute atomic E-state index is 13.6. The first-order chi connectivity index (χ1) is 15.1. The average Bonchev–Trinajstić information content (AvgIpc) is 3.44. The Balaban J connectivity index is 0.00000245. The third-order valence-corrected chi connectivity index (χ3v) is 7.65. The van der Waals surface area contributed by atoms with Gasteiger partial charge in [0.1, 0.15) is 0 Å². The van der Waals surface area contributed by atoms with Gasteiger partial charge in [0, 0.05) is 36.8 Å². The molecule has 0 bridgehead atoms. The number of aromatic nitrogens is 2. The summed E-state index contributed by atoms with van der Waals surface area (Å²) in [6, 6.07) is 10.1. The maximum atomic E-state index is 13.6. The highest BCUT2D eigenvalue weighted by Crippen LogP contribution is 2.36. The Kier molecular flexibility index (Phi) is 6.85. The van der Waals surface area contributed by atoms with Gasteiger partial charge in [-0.3, -0.25) is 4.90 Å². The van der Waals surface area contributed by atoms with E-state index in [9.17, 15) is 8.42 Å². The van der Waals surface area contributed by atoms with Gasteiger partial charge in [0.15, 0.2) is 11.9 Å². The highest BCUT2D eigenvalue weighted by Gasteiger charge is 2.29. The van der Waals surface area contributed by atoms with Crippen LogP contribution in [0.2, 0.25) is 5.02 Å². The zero-order chi connectivity index (χ0) is 21.4. The molecule has 0 amide bonds. The predicted octanol–water partition coefficient (Wildman–Crippen LogP) is 3.44. The molecule has 0 spiro atoms. The Morgan fingerprint density at radius 1 is 1.06 bits per heavy atom. The molecule has 0 saturated carbocycles. The summed E-state index contributed by atoms with van der Waals surface area (Å²) in [6.45, 7) is 4.08. The molecule has 2 aliphatic rings. The van der Waals surface area contributed by atoms with Gasteiger partial charge in [-0.1, -0.05) is 37.2 Å². The molecule has 3 aromatic rings. The number of nitrogens with zero attached hydrogens (tertiary/aromatic N) is 3. The number of ether oxygens (including phenoxy) is 3. The molecule has 8 nitrogen and oxygen atoms in total. The van der Waals surface area contributed by atoms with E-state index >= 15 is 0 Å². The van der Waals surface area contributed by atoms with Crippen LogP contribution in [0, 0.1) is 0 Å². The van der Waals surface area contributed by atoms with Gasteiger partial charge in [0.2, 0.25) is 0 Å². The third kappa shape index (κ3) is 4.16. The molecule has 0 N–H and O–H groups in total. The number of pyridine rings is 1. The summed E-state index contributed by atoms with van der Waals surface area (Å²) < 4.78 is 45.1. The lowest BCUT2D eigenvalue weighted by atomic mass is 10.2. The average molecular weight is 480 g/mol. The van der Waals surface area contributed by atoms with Crippen LogP contribution in [-0.4, -0.2) is 61.8 Å². The number of fused-ring (bicyclic) bond motifs is 1. The van der Waals surface area contributed by atoms with Crippen molar-refractivity contribution in [3.63, 3.8) is 0 Å². The molecule has 1 aromatic carbocycles. The van der Waals surface area contributed by atoms with Crippen molar-refractivity contribution in [3.05, 3.63) is 58.9 Å². The van der Waals surface area contributed by atoms with Gasteiger partial charge in [0.25, 0.3) is 10.0 Å². The van der Waals surface area contributed by atoms with Gasteiger partial charge < -0.3 is 14.2 Å². The molecular weight excluding hydrogens is 454 g/mol. The van der Waals surface area contributed by atoms with Crippen LogP contribution in [0.1, 0.15) is 25.0 Å². The molecule has 2 aliphatic heterocycles. The van der Waals surface area contributed by atoms with E-state index < -0.39 is 16.3 Å². The van der Waals surface area contributed by atoms with Gasteiger partial charge in [-0.25, -0.2) is 17.4 Å². The monoisotopic (exact) mass is 479 g/mol. The number of halogens is 1. The van der Waals surface area contributed by atoms with Crippen molar-refractivity contribution in [1.82, 2.24) is 13.9 Å². The summed E-state index contributed by atoms with van der Waals surface area (Å²) >= 11 is 6.70. The lowest BCUT2D eigenvalue weighted by Crippen LogP contribution is -2.36. The quantitative estimate of drug-likeness (QED) is 0.554. The molecule has 2 saturated heterocycles.